The molecule has 0 amide bonds. The highest BCUT2D eigenvalue weighted by Crippen LogP contribution is 2.18. The summed E-state index contributed by atoms with van der Waals surface area (Å²) in [6.07, 6.45) is 1.78. The third-order valence-electron chi connectivity index (χ3n) is 1.92. The van der Waals surface area contributed by atoms with Crippen LogP contribution in [0.5, 0.6) is 0 Å². The summed E-state index contributed by atoms with van der Waals surface area (Å²) in [5.74, 6) is 0. The fourth-order valence-electron chi connectivity index (χ4n) is 1.04. The Morgan fingerprint density at radius 2 is 1.62 bits per heavy atom. The second-order valence-corrected chi connectivity index (χ2v) is 2.77. The number of nitrogen functional groups attached to an aromatic ring is 1. The first-order chi connectivity index (χ1) is 6.15. The van der Waals surface area contributed by atoms with E-state index in [1.54, 1.807) is 6.08 Å². The molecule has 0 aliphatic heterocycles. The molecule has 0 bridgehead atoms. The second kappa shape index (κ2) is 5.41. The van der Waals surface area contributed by atoms with E-state index in [-0.39, 0.29) is 0 Å². The van der Waals surface area contributed by atoms with Crippen LogP contribution < -0.4 is 5.73 Å². The van der Waals surface area contributed by atoms with Crippen molar-refractivity contribution < 1.29 is 0 Å². The van der Waals surface area contributed by atoms with Crippen molar-refractivity contribution in [1.82, 2.24) is 0 Å². The van der Waals surface area contributed by atoms with Gasteiger partial charge in [0.1, 0.15) is 0 Å². The van der Waals surface area contributed by atoms with E-state index in [9.17, 15) is 0 Å². The molecule has 0 aromatic heterocycles. The van der Waals surface area contributed by atoms with Crippen LogP contribution in [-0.2, 0) is 0 Å². The molecule has 0 atom stereocenters. The molecule has 0 spiro atoms. The lowest BCUT2D eigenvalue weighted by atomic mass is 10.0. The highest BCUT2D eigenvalue weighted by Gasteiger charge is 1.97. The summed E-state index contributed by atoms with van der Waals surface area (Å²) >= 11 is 0. The van der Waals surface area contributed by atoms with Gasteiger partial charge in [0.25, 0.3) is 0 Å². The van der Waals surface area contributed by atoms with Crippen LogP contribution in [-0.4, -0.2) is 0 Å². The predicted molar refractivity (Wildman–Crippen MR) is 61.8 cm³/mol. The lowest BCUT2D eigenvalue weighted by molar-refractivity contribution is 1.34. The van der Waals surface area contributed by atoms with Gasteiger partial charge in [-0.1, -0.05) is 26.5 Å². The van der Waals surface area contributed by atoms with Gasteiger partial charge in [-0.3, -0.25) is 0 Å². The molecule has 0 saturated heterocycles. The van der Waals surface area contributed by atoms with Gasteiger partial charge in [-0.25, -0.2) is 0 Å². The Kier molecular flexibility index (Phi) is 4.90. The van der Waals surface area contributed by atoms with E-state index >= 15 is 0 Å². The van der Waals surface area contributed by atoms with Crippen LogP contribution in [0.2, 0.25) is 0 Å². The van der Waals surface area contributed by atoms with Crippen molar-refractivity contribution in [3.8, 4) is 0 Å². The van der Waals surface area contributed by atoms with Crippen LogP contribution in [0.4, 0.5) is 5.69 Å². The lowest BCUT2D eigenvalue weighted by Crippen LogP contribution is -1.92. The van der Waals surface area contributed by atoms with Gasteiger partial charge in [0.2, 0.25) is 0 Å². The van der Waals surface area contributed by atoms with Gasteiger partial charge in [-0.15, -0.1) is 0 Å². The normalized spacial score (nSPS) is 8.62. The van der Waals surface area contributed by atoms with Crippen LogP contribution >= 0.6 is 0 Å². The highest BCUT2D eigenvalue weighted by molar-refractivity contribution is 5.65. The molecule has 1 nitrogen and oxygen atoms in total. The van der Waals surface area contributed by atoms with Crippen molar-refractivity contribution in [1.29, 1.82) is 0 Å². The van der Waals surface area contributed by atoms with E-state index in [1.165, 1.54) is 11.1 Å². The van der Waals surface area contributed by atoms with Gasteiger partial charge in [-0.2, -0.15) is 0 Å². The maximum atomic E-state index is 5.73. The Labute approximate surface area is 81.3 Å². The Hall–Kier alpha value is -1.24. The van der Waals surface area contributed by atoms with Gasteiger partial charge in [0.05, 0.1) is 0 Å². The first kappa shape index (κ1) is 11.8. The Bertz CT molecular complexity index is 287. The summed E-state index contributed by atoms with van der Waals surface area (Å²) in [7, 11) is 0. The van der Waals surface area contributed by atoms with Gasteiger partial charge in [0, 0.05) is 5.69 Å². The van der Waals surface area contributed by atoms with Crippen molar-refractivity contribution in [2.24, 2.45) is 0 Å². The fourth-order valence-corrected chi connectivity index (χ4v) is 1.04. The Balaban J connectivity index is 0.000000671. The molecular weight excluding hydrogens is 158 g/mol. The molecule has 0 fully saturated rings. The molecule has 2 N–H and O–H groups in total. The average Bonchev–Trinajstić information content (AvgIpc) is 2.15. The van der Waals surface area contributed by atoms with Gasteiger partial charge in [0.15, 0.2) is 0 Å². The molecule has 0 aliphatic rings. The molecule has 1 aromatic carbocycles. The molecule has 1 aromatic rings. The summed E-state index contributed by atoms with van der Waals surface area (Å²) < 4.78 is 0. The maximum absolute atomic E-state index is 5.73. The molecule has 0 heterocycles. The van der Waals surface area contributed by atoms with Crippen molar-refractivity contribution in [3.63, 3.8) is 0 Å². The van der Waals surface area contributed by atoms with Crippen LogP contribution in [0.15, 0.2) is 18.7 Å². The third-order valence-corrected chi connectivity index (χ3v) is 1.92. The number of benzene rings is 1. The molecule has 0 radical (unpaired) electrons. The highest BCUT2D eigenvalue weighted by atomic mass is 14.6. The minimum absolute atomic E-state index is 0.808. The van der Waals surface area contributed by atoms with Gasteiger partial charge in [-0.05, 0) is 42.7 Å². The summed E-state index contributed by atoms with van der Waals surface area (Å²) in [6, 6.07) is 4.03. The van der Waals surface area contributed by atoms with E-state index < -0.39 is 0 Å². The molecule has 1 rings (SSSR count). The molecule has 0 unspecified atom stereocenters. The summed E-state index contributed by atoms with van der Waals surface area (Å²) in [4.78, 5) is 0. The van der Waals surface area contributed by atoms with Crippen molar-refractivity contribution in [2.75, 3.05) is 5.73 Å². The van der Waals surface area contributed by atoms with E-state index in [1.807, 2.05) is 19.9 Å². The molecule has 0 saturated carbocycles. The summed E-state index contributed by atoms with van der Waals surface area (Å²) in [5, 5.41) is 0. The first-order valence-corrected chi connectivity index (χ1v) is 4.64. The van der Waals surface area contributed by atoms with E-state index in [0.29, 0.717) is 0 Å². The number of aryl methyl sites for hydroxylation is 2. The topological polar surface area (TPSA) is 26.0 Å². The number of hydrogen-bond acceptors (Lipinski definition) is 1. The fraction of sp³-hybridized carbons (Fsp3) is 0.333. The van der Waals surface area contributed by atoms with Crippen LogP contribution in [0.3, 0.4) is 0 Å². The number of anilines is 1. The smallest absolute Gasteiger partial charge is 0.0390 e. The van der Waals surface area contributed by atoms with Crippen LogP contribution in [0.25, 0.3) is 6.08 Å². The van der Waals surface area contributed by atoms with Crippen molar-refractivity contribution in [3.05, 3.63) is 35.4 Å². The van der Waals surface area contributed by atoms with Crippen LogP contribution in [0, 0.1) is 13.8 Å². The monoisotopic (exact) mass is 177 g/mol. The zero-order valence-corrected chi connectivity index (χ0v) is 9.02. The van der Waals surface area contributed by atoms with Gasteiger partial charge >= 0.3 is 0 Å². The van der Waals surface area contributed by atoms with E-state index in [0.717, 1.165) is 11.3 Å². The Morgan fingerprint density at radius 1 is 1.15 bits per heavy atom. The van der Waals surface area contributed by atoms with E-state index in [4.69, 9.17) is 5.73 Å². The van der Waals surface area contributed by atoms with Crippen molar-refractivity contribution in [2.45, 2.75) is 27.7 Å². The molecule has 1 heteroatoms. The first-order valence-electron chi connectivity index (χ1n) is 4.64. The number of nitrogens with two attached hydrogens (primary N) is 1. The molecule has 0 aliphatic carbocycles. The third kappa shape index (κ3) is 2.94. The number of hydrogen-bond donors (Lipinski definition) is 1. The zero-order chi connectivity index (χ0) is 10.4. The average molecular weight is 177 g/mol. The molecule has 72 valence electrons. The molecular formula is C12H19N. The Morgan fingerprint density at radius 3 is 2.08 bits per heavy atom. The summed E-state index contributed by atoms with van der Waals surface area (Å²) in [6.45, 7) is 11.8. The van der Waals surface area contributed by atoms with Crippen molar-refractivity contribution >= 4 is 11.8 Å². The zero-order valence-electron chi connectivity index (χ0n) is 9.02. The SMILES string of the molecule is C=Cc1cc(C)c(C)cc1N.CC. The minimum Gasteiger partial charge on any atom is -0.398 e. The number of rotatable bonds is 1. The lowest BCUT2D eigenvalue weighted by Gasteiger charge is -2.04. The van der Waals surface area contributed by atoms with Crippen LogP contribution in [0.1, 0.15) is 30.5 Å². The molecule has 13 heavy (non-hydrogen) atoms. The standard InChI is InChI=1S/C10H13N.C2H6/c1-4-9-5-7(2)8(3)6-10(9)11;1-2/h4-6H,1,11H2,2-3H3;1-2H3. The maximum Gasteiger partial charge on any atom is 0.0390 e. The quantitative estimate of drug-likeness (QED) is 0.652. The van der Waals surface area contributed by atoms with Gasteiger partial charge < -0.3 is 5.73 Å². The second-order valence-electron chi connectivity index (χ2n) is 2.77. The largest absolute Gasteiger partial charge is 0.398 e. The van der Waals surface area contributed by atoms with E-state index in [2.05, 4.69) is 26.5 Å². The predicted octanol–water partition coefficient (Wildman–Crippen LogP) is 3.55. The summed E-state index contributed by atoms with van der Waals surface area (Å²) in [5.41, 5.74) is 10.0. The minimum atomic E-state index is 0.808.